The molecule has 0 aromatic carbocycles. The Morgan fingerprint density at radius 3 is 2.79 bits per heavy atom. The van der Waals surface area contributed by atoms with Gasteiger partial charge in [-0.3, -0.25) is 9.78 Å². The van der Waals surface area contributed by atoms with Crippen molar-refractivity contribution in [2.75, 3.05) is 27.4 Å². The Morgan fingerprint density at radius 2 is 2.10 bits per heavy atom. The Hall–Kier alpha value is -3.33. The summed E-state index contributed by atoms with van der Waals surface area (Å²) in [5.74, 6) is 0.749. The maximum Gasteiger partial charge on any atom is 0.274 e. The van der Waals surface area contributed by atoms with Crippen molar-refractivity contribution < 1.29 is 14.3 Å². The molecule has 29 heavy (non-hydrogen) atoms. The molecule has 0 aliphatic carbocycles. The highest BCUT2D eigenvalue weighted by Crippen LogP contribution is 2.25. The van der Waals surface area contributed by atoms with Gasteiger partial charge in [0.25, 0.3) is 5.91 Å². The maximum absolute atomic E-state index is 13.2. The third-order valence-corrected chi connectivity index (χ3v) is 4.90. The van der Waals surface area contributed by atoms with Crippen molar-refractivity contribution in [1.82, 2.24) is 29.9 Å². The van der Waals surface area contributed by atoms with Gasteiger partial charge in [0.15, 0.2) is 11.5 Å². The monoisotopic (exact) mass is 394 g/mol. The molecular weight excluding hydrogens is 372 g/mol. The van der Waals surface area contributed by atoms with Crippen molar-refractivity contribution in [1.29, 1.82) is 0 Å². The standard InChI is InChI=1S/C20H22N6O3/c1-28-13-14-6-5-11-25(14)20(27)16-12-17(15-7-3-4-10-21-15)26(24-16)18-8-9-19(29-2)23-22-18/h3-4,7-10,12,14H,5-6,11,13H2,1-2H3/t14-/m0/s1. The molecule has 3 aromatic rings. The van der Waals surface area contributed by atoms with Crippen LogP contribution >= 0.6 is 0 Å². The van der Waals surface area contributed by atoms with Crippen molar-refractivity contribution in [3.05, 3.63) is 48.3 Å². The first kappa shape index (κ1) is 19.0. The Kier molecular flexibility index (Phi) is 5.48. The van der Waals surface area contributed by atoms with Gasteiger partial charge in [-0.25, -0.2) is 4.68 Å². The molecule has 3 aromatic heterocycles. The molecule has 4 rings (SSSR count). The van der Waals surface area contributed by atoms with Crippen LogP contribution in [0.25, 0.3) is 17.2 Å². The number of aromatic nitrogens is 5. The second kappa shape index (κ2) is 8.36. The third kappa shape index (κ3) is 3.81. The van der Waals surface area contributed by atoms with Gasteiger partial charge < -0.3 is 14.4 Å². The molecule has 0 unspecified atom stereocenters. The fourth-order valence-electron chi connectivity index (χ4n) is 3.51. The molecule has 150 valence electrons. The fourth-order valence-corrected chi connectivity index (χ4v) is 3.51. The molecule has 9 nitrogen and oxygen atoms in total. The molecule has 9 heteroatoms. The van der Waals surface area contributed by atoms with E-state index in [2.05, 4.69) is 20.3 Å². The average molecular weight is 394 g/mol. The van der Waals surface area contributed by atoms with Gasteiger partial charge >= 0.3 is 0 Å². The molecule has 0 spiro atoms. The summed E-state index contributed by atoms with van der Waals surface area (Å²) in [6.45, 7) is 1.21. The van der Waals surface area contributed by atoms with E-state index < -0.39 is 0 Å². The lowest BCUT2D eigenvalue weighted by atomic mass is 10.2. The van der Waals surface area contributed by atoms with Crippen LogP contribution in [0.2, 0.25) is 0 Å². The Morgan fingerprint density at radius 1 is 1.21 bits per heavy atom. The van der Waals surface area contributed by atoms with E-state index in [-0.39, 0.29) is 11.9 Å². The smallest absolute Gasteiger partial charge is 0.274 e. The van der Waals surface area contributed by atoms with Gasteiger partial charge in [0, 0.05) is 25.9 Å². The zero-order valence-electron chi connectivity index (χ0n) is 16.4. The van der Waals surface area contributed by atoms with Crippen LogP contribution in [0.15, 0.2) is 42.6 Å². The minimum Gasteiger partial charge on any atom is -0.480 e. The summed E-state index contributed by atoms with van der Waals surface area (Å²) in [6, 6.07) is 10.8. The molecule has 1 saturated heterocycles. The number of methoxy groups -OCH3 is 2. The first-order valence-corrected chi connectivity index (χ1v) is 9.40. The minimum atomic E-state index is -0.123. The predicted octanol–water partition coefficient (Wildman–Crippen LogP) is 1.98. The van der Waals surface area contributed by atoms with Gasteiger partial charge in [-0.05, 0) is 37.1 Å². The number of hydrogen-bond acceptors (Lipinski definition) is 7. The predicted molar refractivity (Wildman–Crippen MR) is 105 cm³/mol. The molecular formula is C20H22N6O3. The van der Waals surface area contributed by atoms with Crippen molar-refractivity contribution in [2.45, 2.75) is 18.9 Å². The maximum atomic E-state index is 13.2. The number of amides is 1. The Balaban J connectivity index is 1.74. The van der Waals surface area contributed by atoms with Crippen molar-refractivity contribution >= 4 is 5.91 Å². The second-order valence-electron chi connectivity index (χ2n) is 6.73. The van der Waals surface area contributed by atoms with E-state index in [1.54, 1.807) is 36.2 Å². The quantitative estimate of drug-likeness (QED) is 0.631. The molecule has 1 fully saturated rings. The van der Waals surface area contributed by atoms with Crippen molar-refractivity contribution in [2.24, 2.45) is 0 Å². The number of ether oxygens (including phenoxy) is 2. The highest BCUT2D eigenvalue weighted by atomic mass is 16.5. The highest BCUT2D eigenvalue weighted by molar-refractivity contribution is 5.94. The minimum absolute atomic E-state index is 0.0664. The van der Waals surface area contributed by atoms with Gasteiger partial charge in [-0.2, -0.15) is 5.10 Å². The molecule has 1 amide bonds. The van der Waals surface area contributed by atoms with Crippen molar-refractivity contribution in [3.63, 3.8) is 0 Å². The first-order chi connectivity index (χ1) is 14.2. The number of carbonyl (C=O) groups excluding carboxylic acids is 1. The van der Waals surface area contributed by atoms with E-state index in [1.807, 2.05) is 23.1 Å². The molecule has 0 saturated carbocycles. The molecule has 4 heterocycles. The molecule has 0 bridgehead atoms. The Bertz CT molecular complexity index is 974. The topological polar surface area (TPSA) is 95.3 Å². The van der Waals surface area contributed by atoms with Crippen LogP contribution in [0, 0.1) is 0 Å². The van der Waals surface area contributed by atoms with Gasteiger partial charge in [0.2, 0.25) is 5.88 Å². The summed E-state index contributed by atoms with van der Waals surface area (Å²) in [7, 11) is 3.18. The molecule has 1 atom stereocenters. The van der Waals surface area contributed by atoms with Crippen LogP contribution < -0.4 is 4.74 Å². The number of pyridine rings is 1. The average Bonchev–Trinajstić information content (AvgIpc) is 3.42. The van der Waals surface area contributed by atoms with E-state index in [0.29, 0.717) is 41.9 Å². The van der Waals surface area contributed by atoms with Crippen LogP contribution in [0.1, 0.15) is 23.3 Å². The SMILES string of the molecule is COC[C@@H]1CCCN1C(=O)c1cc(-c2ccccn2)n(-c2ccc(OC)nn2)n1. The lowest BCUT2D eigenvalue weighted by molar-refractivity contribution is 0.0624. The fraction of sp³-hybridized carbons (Fsp3) is 0.350. The molecule has 1 aliphatic heterocycles. The zero-order chi connectivity index (χ0) is 20.2. The number of rotatable bonds is 6. The summed E-state index contributed by atoms with van der Waals surface area (Å²) < 4.78 is 11.9. The molecule has 0 N–H and O–H groups in total. The van der Waals surface area contributed by atoms with E-state index >= 15 is 0 Å². The first-order valence-electron chi connectivity index (χ1n) is 9.40. The highest BCUT2D eigenvalue weighted by Gasteiger charge is 2.31. The van der Waals surface area contributed by atoms with Crippen molar-refractivity contribution in [3.8, 4) is 23.1 Å². The van der Waals surface area contributed by atoms with Gasteiger partial charge in [0.05, 0.1) is 31.1 Å². The van der Waals surface area contributed by atoms with Gasteiger partial charge in [0.1, 0.15) is 0 Å². The summed E-state index contributed by atoms with van der Waals surface area (Å²) in [4.78, 5) is 19.4. The van der Waals surface area contributed by atoms with Crippen LogP contribution in [-0.2, 0) is 4.74 Å². The molecule has 1 aliphatic rings. The Labute approximate surface area is 168 Å². The number of carbonyl (C=O) groups is 1. The van der Waals surface area contributed by atoms with Crippen LogP contribution in [-0.4, -0.2) is 69.2 Å². The summed E-state index contributed by atoms with van der Waals surface area (Å²) >= 11 is 0. The van der Waals surface area contributed by atoms with Gasteiger partial charge in [-0.1, -0.05) is 6.07 Å². The van der Waals surface area contributed by atoms with E-state index in [0.717, 1.165) is 12.8 Å². The third-order valence-electron chi connectivity index (χ3n) is 4.90. The number of hydrogen-bond donors (Lipinski definition) is 0. The largest absolute Gasteiger partial charge is 0.480 e. The van der Waals surface area contributed by atoms with Crippen LogP contribution in [0.5, 0.6) is 5.88 Å². The zero-order valence-corrected chi connectivity index (χ0v) is 16.4. The summed E-state index contributed by atoms with van der Waals surface area (Å²) in [5, 5.41) is 12.7. The van der Waals surface area contributed by atoms with E-state index in [9.17, 15) is 4.79 Å². The lowest BCUT2D eigenvalue weighted by Crippen LogP contribution is -2.38. The molecule has 0 radical (unpaired) electrons. The summed E-state index contributed by atoms with van der Waals surface area (Å²) in [6.07, 6.45) is 3.58. The number of nitrogens with zero attached hydrogens (tertiary/aromatic N) is 6. The van der Waals surface area contributed by atoms with Crippen LogP contribution in [0.4, 0.5) is 0 Å². The second-order valence-corrected chi connectivity index (χ2v) is 6.73. The normalized spacial score (nSPS) is 16.2. The van der Waals surface area contributed by atoms with Crippen LogP contribution in [0.3, 0.4) is 0 Å². The van der Waals surface area contributed by atoms with E-state index in [1.165, 1.54) is 7.11 Å². The summed E-state index contributed by atoms with van der Waals surface area (Å²) in [5.41, 5.74) is 1.69. The lowest BCUT2D eigenvalue weighted by Gasteiger charge is -2.23. The van der Waals surface area contributed by atoms with Gasteiger partial charge in [-0.15, -0.1) is 10.2 Å². The number of likely N-dealkylation sites (tertiary alicyclic amines) is 1. The van der Waals surface area contributed by atoms with E-state index in [4.69, 9.17) is 9.47 Å².